The van der Waals surface area contributed by atoms with Crippen molar-refractivity contribution in [3.63, 3.8) is 0 Å². The molecule has 0 fully saturated rings. The van der Waals surface area contributed by atoms with Crippen LogP contribution < -0.4 is 10.6 Å². The van der Waals surface area contributed by atoms with Gasteiger partial charge >= 0.3 is 0 Å². The first kappa shape index (κ1) is 14.8. The standard InChI is InChI=1S/C16H20N2OS/c1-11-8-9-20-15(11)12(2)18-10-13-4-6-14(7-5-13)16(19)17-3/h4-9,12,18H,10H2,1-3H3,(H,17,19). The highest BCUT2D eigenvalue weighted by molar-refractivity contribution is 7.10. The van der Waals surface area contributed by atoms with Gasteiger partial charge in [0, 0.05) is 30.1 Å². The molecule has 0 bridgehead atoms. The van der Waals surface area contributed by atoms with Gasteiger partial charge in [0.05, 0.1) is 0 Å². The van der Waals surface area contributed by atoms with Crippen molar-refractivity contribution >= 4 is 17.2 Å². The third kappa shape index (κ3) is 3.46. The zero-order valence-electron chi connectivity index (χ0n) is 12.1. The Morgan fingerprint density at radius 1 is 1.25 bits per heavy atom. The van der Waals surface area contributed by atoms with Crippen LogP contribution in [0.15, 0.2) is 35.7 Å². The van der Waals surface area contributed by atoms with Crippen LogP contribution in [0.4, 0.5) is 0 Å². The quantitative estimate of drug-likeness (QED) is 0.886. The van der Waals surface area contributed by atoms with E-state index in [2.05, 4.69) is 35.9 Å². The van der Waals surface area contributed by atoms with E-state index in [-0.39, 0.29) is 5.91 Å². The number of nitrogens with one attached hydrogen (secondary N) is 2. The van der Waals surface area contributed by atoms with E-state index in [0.717, 1.165) is 6.54 Å². The number of hydrogen-bond acceptors (Lipinski definition) is 3. The lowest BCUT2D eigenvalue weighted by Gasteiger charge is -2.13. The van der Waals surface area contributed by atoms with Crippen LogP contribution in [0, 0.1) is 6.92 Å². The number of rotatable bonds is 5. The molecule has 106 valence electrons. The number of aryl methyl sites for hydroxylation is 1. The van der Waals surface area contributed by atoms with Crippen molar-refractivity contribution in [2.75, 3.05) is 7.05 Å². The lowest BCUT2D eigenvalue weighted by Crippen LogP contribution is -2.19. The largest absolute Gasteiger partial charge is 0.355 e. The summed E-state index contributed by atoms with van der Waals surface area (Å²) in [5.74, 6) is -0.0490. The average Bonchev–Trinajstić information content (AvgIpc) is 2.90. The first-order valence-corrected chi connectivity index (χ1v) is 7.58. The molecular formula is C16H20N2OS. The fraction of sp³-hybridized carbons (Fsp3) is 0.312. The van der Waals surface area contributed by atoms with Gasteiger partial charge in [0.15, 0.2) is 0 Å². The zero-order valence-corrected chi connectivity index (χ0v) is 12.9. The molecule has 0 aliphatic carbocycles. The topological polar surface area (TPSA) is 41.1 Å². The Hall–Kier alpha value is -1.65. The van der Waals surface area contributed by atoms with Crippen molar-refractivity contribution in [2.24, 2.45) is 0 Å². The molecule has 2 aromatic rings. The van der Waals surface area contributed by atoms with Crippen LogP contribution in [0.5, 0.6) is 0 Å². The average molecular weight is 288 g/mol. The van der Waals surface area contributed by atoms with Gasteiger partial charge in [-0.2, -0.15) is 0 Å². The van der Waals surface area contributed by atoms with Gasteiger partial charge in [-0.05, 0) is 48.6 Å². The highest BCUT2D eigenvalue weighted by Gasteiger charge is 2.09. The minimum Gasteiger partial charge on any atom is -0.355 e. The molecule has 1 amide bonds. The Bertz CT molecular complexity index is 574. The molecule has 4 heteroatoms. The maximum absolute atomic E-state index is 11.5. The second-order valence-corrected chi connectivity index (χ2v) is 5.79. The SMILES string of the molecule is CNC(=O)c1ccc(CNC(C)c2sccc2C)cc1. The van der Waals surface area contributed by atoms with Gasteiger partial charge in [0.1, 0.15) is 0 Å². The third-order valence-electron chi connectivity index (χ3n) is 3.35. The van der Waals surface area contributed by atoms with E-state index in [4.69, 9.17) is 0 Å². The van der Waals surface area contributed by atoms with E-state index < -0.39 is 0 Å². The van der Waals surface area contributed by atoms with E-state index >= 15 is 0 Å². The Morgan fingerprint density at radius 2 is 1.95 bits per heavy atom. The fourth-order valence-electron chi connectivity index (χ4n) is 2.11. The number of thiophene rings is 1. The van der Waals surface area contributed by atoms with E-state index in [1.807, 2.05) is 24.3 Å². The molecule has 1 unspecified atom stereocenters. The van der Waals surface area contributed by atoms with Gasteiger partial charge < -0.3 is 10.6 Å². The molecule has 0 aliphatic rings. The second-order valence-electron chi connectivity index (χ2n) is 4.85. The summed E-state index contributed by atoms with van der Waals surface area (Å²) >= 11 is 1.79. The van der Waals surface area contributed by atoms with E-state index in [0.29, 0.717) is 11.6 Å². The number of benzene rings is 1. The summed E-state index contributed by atoms with van der Waals surface area (Å²) in [6.07, 6.45) is 0. The molecule has 2 rings (SSSR count). The van der Waals surface area contributed by atoms with Gasteiger partial charge in [-0.15, -0.1) is 11.3 Å². The van der Waals surface area contributed by atoms with Crippen molar-refractivity contribution in [1.82, 2.24) is 10.6 Å². The lowest BCUT2D eigenvalue weighted by molar-refractivity contribution is 0.0963. The normalized spacial score (nSPS) is 12.2. The molecule has 0 radical (unpaired) electrons. The Kier molecular flexibility index (Phi) is 4.93. The Morgan fingerprint density at radius 3 is 2.50 bits per heavy atom. The highest BCUT2D eigenvalue weighted by atomic mass is 32.1. The maximum Gasteiger partial charge on any atom is 0.251 e. The summed E-state index contributed by atoms with van der Waals surface area (Å²) in [6, 6.07) is 10.2. The van der Waals surface area contributed by atoms with Crippen LogP contribution >= 0.6 is 11.3 Å². The first-order chi connectivity index (χ1) is 9.61. The summed E-state index contributed by atoms with van der Waals surface area (Å²) in [5, 5.41) is 8.26. The molecule has 0 saturated carbocycles. The molecule has 2 N–H and O–H groups in total. The summed E-state index contributed by atoms with van der Waals surface area (Å²) in [4.78, 5) is 12.8. The van der Waals surface area contributed by atoms with Crippen LogP contribution in [0.3, 0.4) is 0 Å². The van der Waals surface area contributed by atoms with Crippen LogP contribution in [0.2, 0.25) is 0 Å². The van der Waals surface area contributed by atoms with Gasteiger partial charge in [-0.3, -0.25) is 4.79 Å². The molecule has 1 aromatic carbocycles. The Labute approximate surface area is 124 Å². The van der Waals surface area contributed by atoms with E-state index in [1.54, 1.807) is 18.4 Å². The van der Waals surface area contributed by atoms with E-state index in [1.165, 1.54) is 16.0 Å². The van der Waals surface area contributed by atoms with Crippen molar-refractivity contribution in [1.29, 1.82) is 0 Å². The maximum atomic E-state index is 11.5. The summed E-state index contributed by atoms with van der Waals surface area (Å²) in [7, 11) is 1.64. The second kappa shape index (κ2) is 6.68. The molecule has 1 aromatic heterocycles. The molecule has 20 heavy (non-hydrogen) atoms. The smallest absolute Gasteiger partial charge is 0.251 e. The lowest BCUT2D eigenvalue weighted by atomic mass is 10.1. The number of amides is 1. The third-order valence-corrected chi connectivity index (χ3v) is 4.55. The number of hydrogen-bond donors (Lipinski definition) is 2. The van der Waals surface area contributed by atoms with Gasteiger partial charge in [-0.1, -0.05) is 12.1 Å². The summed E-state index contributed by atoms with van der Waals surface area (Å²) < 4.78 is 0. The summed E-state index contributed by atoms with van der Waals surface area (Å²) in [6.45, 7) is 5.12. The first-order valence-electron chi connectivity index (χ1n) is 6.70. The molecule has 1 heterocycles. The highest BCUT2D eigenvalue weighted by Crippen LogP contribution is 2.23. The summed E-state index contributed by atoms with van der Waals surface area (Å²) in [5.41, 5.74) is 3.21. The van der Waals surface area contributed by atoms with Gasteiger partial charge in [-0.25, -0.2) is 0 Å². The van der Waals surface area contributed by atoms with Crippen molar-refractivity contribution < 1.29 is 4.79 Å². The molecule has 0 aliphatic heterocycles. The predicted molar refractivity (Wildman–Crippen MR) is 84.1 cm³/mol. The number of carbonyl (C=O) groups excluding carboxylic acids is 1. The molecular weight excluding hydrogens is 268 g/mol. The van der Waals surface area contributed by atoms with Crippen LogP contribution in [-0.4, -0.2) is 13.0 Å². The van der Waals surface area contributed by atoms with Crippen molar-refractivity contribution in [3.05, 3.63) is 57.3 Å². The molecule has 3 nitrogen and oxygen atoms in total. The molecule has 1 atom stereocenters. The monoisotopic (exact) mass is 288 g/mol. The van der Waals surface area contributed by atoms with Gasteiger partial charge in [0.25, 0.3) is 5.91 Å². The molecule has 0 spiro atoms. The van der Waals surface area contributed by atoms with Crippen molar-refractivity contribution in [3.8, 4) is 0 Å². The minimum atomic E-state index is -0.0490. The molecule has 0 saturated heterocycles. The van der Waals surface area contributed by atoms with Crippen molar-refractivity contribution in [2.45, 2.75) is 26.4 Å². The van der Waals surface area contributed by atoms with Crippen LogP contribution in [0.25, 0.3) is 0 Å². The van der Waals surface area contributed by atoms with Crippen LogP contribution in [0.1, 0.15) is 39.3 Å². The Balaban J connectivity index is 1.94. The van der Waals surface area contributed by atoms with Gasteiger partial charge in [0.2, 0.25) is 0 Å². The predicted octanol–water partition coefficient (Wildman–Crippen LogP) is 3.27. The number of carbonyl (C=O) groups is 1. The van der Waals surface area contributed by atoms with Crippen LogP contribution in [-0.2, 0) is 6.54 Å². The van der Waals surface area contributed by atoms with E-state index in [9.17, 15) is 4.79 Å². The zero-order chi connectivity index (χ0) is 14.5. The fourth-order valence-corrected chi connectivity index (χ4v) is 3.07. The minimum absolute atomic E-state index is 0.0490.